The Labute approximate surface area is 199 Å². The van der Waals surface area contributed by atoms with Crippen molar-refractivity contribution >= 4 is 21.7 Å². The summed E-state index contributed by atoms with van der Waals surface area (Å²) in [5.41, 5.74) is 3.19. The first-order valence-electron chi connectivity index (χ1n) is 12.5. The molecule has 0 aromatic heterocycles. The van der Waals surface area contributed by atoms with Gasteiger partial charge in [-0.15, -0.1) is 0 Å². The molecule has 0 radical (unpaired) electrons. The average molecular weight is 486 g/mol. The Morgan fingerprint density at radius 1 is 0.677 bits per heavy atom. The van der Waals surface area contributed by atoms with E-state index in [1.54, 1.807) is 0 Å². The lowest BCUT2D eigenvalue weighted by Crippen LogP contribution is -2.16. The van der Waals surface area contributed by atoms with Crippen LogP contribution in [0.2, 0.25) is 0 Å². The second-order valence-electron chi connectivity index (χ2n) is 8.84. The van der Waals surface area contributed by atoms with Crippen LogP contribution in [-0.2, 0) is 0 Å². The Kier molecular flexibility index (Phi) is 13.6. The fourth-order valence-corrected chi connectivity index (χ4v) is 4.82. The third-order valence-electron chi connectivity index (χ3n) is 6.24. The van der Waals surface area contributed by atoms with Crippen LogP contribution in [0.25, 0.3) is 11.1 Å². The average Bonchev–Trinajstić information content (AvgIpc) is 2.82. The minimum atomic E-state index is 0.0886. The molecule has 2 aromatic carbocycles. The van der Waals surface area contributed by atoms with Crippen molar-refractivity contribution in [2.24, 2.45) is 5.92 Å². The van der Waals surface area contributed by atoms with Crippen LogP contribution < -0.4 is 0 Å². The lowest BCUT2D eigenvalue weighted by molar-refractivity contribution is 0.0926. The largest absolute Gasteiger partial charge is 0.294 e. The SMILES string of the molecule is CCCCCCCCCCCCCCC(CBr)C(=O)c1ccc(-c2ccccc2)cc1. The number of carbonyl (C=O) groups excluding carboxylic acids is 1. The first-order valence-corrected chi connectivity index (χ1v) is 13.6. The summed E-state index contributed by atoms with van der Waals surface area (Å²) in [7, 11) is 0. The number of hydrogen-bond donors (Lipinski definition) is 0. The second kappa shape index (κ2) is 16.3. The third kappa shape index (κ3) is 10.2. The number of carbonyl (C=O) groups is 1. The van der Waals surface area contributed by atoms with E-state index in [0.29, 0.717) is 0 Å². The summed E-state index contributed by atoms with van der Waals surface area (Å²) in [5, 5.41) is 0.754. The van der Waals surface area contributed by atoms with Crippen molar-refractivity contribution in [3.63, 3.8) is 0 Å². The minimum Gasteiger partial charge on any atom is -0.294 e. The molecular formula is C29H41BrO. The van der Waals surface area contributed by atoms with Gasteiger partial charge in [-0.05, 0) is 17.5 Å². The quantitative estimate of drug-likeness (QED) is 0.124. The topological polar surface area (TPSA) is 17.1 Å². The number of hydrogen-bond acceptors (Lipinski definition) is 1. The molecule has 0 aliphatic heterocycles. The number of alkyl halides is 1. The Morgan fingerprint density at radius 2 is 1.16 bits per heavy atom. The molecule has 0 saturated heterocycles. The van der Waals surface area contributed by atoms with E-state index in [9.17, 15) is 4.79 Å². The molecule has 1 nitrogen and oxygen atoms in total. The molecule has 0 spiro atoms. The maximum Gasteiger partial charge on any atom is 0.166 e. The van der Waals surface area contributed by atoms with Crippen LogP contribution in [0.1, 0.15) is 101 Å². The molecule has 170 valence electrons. The predicted molar refractivity (Wildman–Crippen MR) is 139 cm³/mol. The molecule has 0 heterocycles. The maximum absolute atomic E-state index is 12.9. The van der Waals surface area contributed by atoms with Crippen molar-refractivity contribution in [3.05, 3.63) is 60.2 Å². The fourth-order valence-electron chi connectivity index (χ4n) is 4.20. The van der Waals surface area contributed by atoms with Crippen LogP contribution >= 0.6 is 15.9 Å². The second-order valence-corrected chi connectivity index (χ2v) is 9.48. The van der Waals surface area contributed by atoms with E-state index < -0.39 is 0 Å². The van der Waals surface area contributed by atoms with Crippen molar-refractivity contribution in [1.29, 1.82) is 0 Å². The van der Waals surface area contributed by atoms with E-state index in [1.165, 1.54) is 76.2 Å². The standard InChI is InChI=1S/C29H41BrO/c1-2-3-4-5-6-7-8-9-10-11-12-14-19-28(24-30)29(31)27-22-20-26(21-23-27)25-17-15-13-16-18-25/h13,15-18,20-23,28H,2-12,14,19,24H2,1H3. The molecule has 0 amide bonds. The molecule has 1 unspecified atom stereocenters. The normalized spacial score (nSPS) is 12.1. The molecule has 0 bridgehead atoms. The zero-order valence-corrected chi connectivity index (χ0v) is 21.0. The smallest absolute Gasteiger partial charge is 0.166 e. The van der Waals surface area contributed by atoms with Gasteiger partial charge in [0.1, 0.15) is 0 Å². The molecule has 0 fully saturated rings. The van der Waals surface area contributed by atoms with Crippen molar-refractivity contribution in [2.75, 3.05) is 5.33 Å². The molecule has 2 heteroatoms. The van der Waals surface area contributed by atoms with E-state index in [0.717, 1.165) is 29.3 Å². The van der Waals surface area contributed by atoms with E-state index in [-0.39, 0.29) is 11.7 Å². The summed E-state index contributed by atoms with van der Waals surface area (Å²) in [6.07, 6.45) is 17.2. The van der Waals surface area contributed by atoms with Gasteiger partial charge in [-0.1, -0.05) is 155 Å². The molecule has 31 heavy (non-hydrogen) atoms. The number of Topliss-reactive ketones (excluding diaryl/α,β-unsaturated/α-hetero) is 1. The zero-order chi connectivity index (χ0) is 22.2. The van der Waals surface area contributed by atoms with Gasteiger partial charge in [0.25, 0.3) is 0 Å². The molecule has 2 aromatic rings. The van der Waals surface area contributed by atoms with Crippen molar-refractivity contribution < 1.29 is 4.79 Å². The highest BCUT2D eigenvalue weighted by Gasteiger charge is 2.18. The van der Waals surface area contributed by atoms with E-state index >= 15 is 0 Å². The molecule has 0 N–H and O–H groups in total. The van der Waals surface area contributed by atoms with Gasteiger partial charge in [-0.25, -0.2) is 0 Å². The minimum absolute atomic E-state index is 0.0886. The Morgan fingerprint density at radius 3 is 1.68 bits per heavy atom. The fraction of sp³-hybridized carbons (Fsp3) is 0.552. The van der Waals surface area contributed by atoms with Gasteiger partial charge in [-0.2, -0.15) is 0 Å². The summed E-state index contributed by atoms with van der Waals surface area (Å²) in [5.74, 6) is 0.366. The number of rotatable bonds is 17. The molecule has 0 aliphatic carbocycles. The van der Waals surface area contributed by atoms with E-state index in [4.69, 9.17) is 0 Å². The third-order valence-corrected chi connectivity index (χ3v) is 7.02. The molecule has 0 aliphatic rings. The van der Waals surface area contributed by atoms with Crippen LogP contribution in [0.5, 0.6) is 0 Å². The van der Waals surface area contributed by atoms with Crippen LogP contribution in [0.4, 0.5) is 0 Å². The van der Waals surface area contributed by atoms with Gasteiger partial charge in [-0.3, -0.25) is 4.79 Å². The van der Waals surface area contributed by atoms with Crippen LogP contribution in [0.15, 0.2) is 54.6 Å². The molecular weight excluding hydrogens is 444 g/mol. The van der Waals surface area contributed by atoms with Crippen LogP contribution in [0.3, 0.4) is 0 Å². The molecule has 1 atom stereocenters. The molecule has 0 saturated carbocycles. The Balaban J connectivity index is 1.61. The van der Waals surface area contributed by atoms with Gasteiger partial charge in [0.2, 0.25) is 0 Å². The highest BCUT2D eigenvalue weighted by molar-refractivity contribution is 9.09. The van der Waals surface area contributed by atoms with Gasteiger partial charge in [0.05, 0.1) is 0 Å². The zero-order valence-electron chi connectivity index (χ0n) is 19.5. The summed E-state index contributed by atoms with van der Waals surface area (Å²) >= 11 is 3.58. The highest BCUT2D eigenvalue weighted by atomic mass is 79.9. The van der Waals surface area contributed by atoms with E-state index in [1.807, 2.05) is 30.3 Å². The van der Waals surface area contributed by atoms with Crippen molar-refractivity contribution in [3.8, 4) is 11.1 Å². The van der Waals surface area contributed by atoms with Gasteiger partial charge >= 0.3 is 0 Å². The van der Waals surface area contributed by atoms with Crippen LogP contribution in [0, 0.1) is 5.92 Å². The Bertz CT molecular complexity index is 707. The highest BCUT2D eigenvalue weighted by Crippen LogP contribution is 2.23. The first-order chi connectivity index (χ1) is 15.3. The first kappa shape index (κ1) is 25.8. The summed E-state index contributed by atoms with van der Waals surface area (Å²) < 4.78 is 0. The monoisotopic (exact) mass is 484 g/mol. The number of unbranched alkanes of at least 4 members (excludes halogenated alkanes) is 11. The van der Waals surface area contributed by atoms with Gasteiger partial charge in [0, 0.05) is 16.8 Å². The van der Waals surface area contributed by atoms with Crippen molar-refractivity contribution in [2.45, 2.75) is 90.4 Å². The van der Waals surface area contributed by atoms with Gasteiger partial charge < -0.3 is 0 Å². The van der Waals surface area contributed by atoms with Crippen LogP contribution in [-0.4, -0.2) is 11.1 Å². The lowest BCUT2D eigenvalue weighted by Gasteiger charge is -2.13. The van der Waals surface area contributed by atoms with Crippen molar-refractivity contribution in [1.82, 2.24) is 0 Å². The maximum atomic E-state index is 12.9. The number of ketones is 1. The summed E-state index contributed by atoms with van der Waals surface area (Å²) in [6, 6.07) is 18.4. The van der Waals surface area contributed by atoms with Gasteiger partial charge in [0.15, 0.2) is 5.78 Å². The Hall–Kier alpha value is -1.41. The molecule has 2 rings (SSSR count). The number of benzene rings is 2. The van der Waals surface area contributed by atoms with E-state index in [2.05, 4.69) is 47.1 Å². The summed E-state index contributed by atoms with van der Waals surface area (Å²) in [4.78, 5) is 12.9. The predicted octanol–water partition coefficient (Wildman–Crippen LogP) is 9.64. The lowest BCUT2D eigenvalue weighted by atomic mass is 9.92. The number of halogens is 1. The summed E-state index contributed by atoms with van der Waals surface area (Å²) in [6.45, 7) is 2.28.